The van der Waals surface area contributed by atoms with E-state index < -0.39 is 0 Å². The fourth-order valence-electron chi connectivity index (χ4n) is 1.96. The molecule has 98 valence electrons. The Bertz CT molecular complexity index is 607. The molecule has 0 saturated carbocycles. The Kier molecular flexibility index (Phi) is 4.23. The van der Waals surface area contributed by atoms with Gasteiger partial charge in [-0.25, -0.2) is 0 Å². The number of hydrogen-bond donors (Lipinski definition) is 1. The summed E-state index contributed by atoms with van der Waals surface area (Å²) in [5.41, 5.74) is 4.03. The lowest BCUT2D eigenvalue weighted by Crippen LogP contribution is -2.23. The van der Waals surface area contributed by atoms with Crippen molar-refractivity contribution in [2.24, 2.45) is 0 Å². The molecule has 0 unspecified atom stereocenters. The molecule has 0 fully saturated rings. The van der Waals surface area contributed by atoms with Gasteiger partial charge in [-0.3, -0.25) is 4.79 Å². The smallest absolute Gasteiger partial charge is 0.253 e. The summed E-state index contributed by atoms with van der Waals surface area (Å²) in [5.74, 6) is -0.148. The summed E-state index contributed by atoms with van der Waals surface area (Å²) >= 11 is 5.99. The van der Waals surface area contributed by atoms with Crippen LogP contribution in [-0.2, 0) is 6.54 Å². The number of hydrogen-bond acceptors (Lipinski definition) is 1. The number of halogens is 1. The second kappa shape index (κ2) is 5.89. The third-order valence-electron chi connectivity index (χ3n) is 3.06. The Morgan fingerprint density at radius 1 is 1.16 bits per heavy atom. The first kappa shape index (κ1) is 13.6. The minimum Gasteiger partial charge on any atom is -0.348 e. The van der Waals surface area contributed by atoms with Crippen LogP contribution in [0.4, 0.5) is 0 Å². The predicted octanol–water partition coefficient (Wildman–Crippen LogP) is 3.89. The third-order valence-corrected chi connectivity index (χ3v) is 3.39. The van der Waals surface area contributed by atoms with Crippen molar-refractivity contribution < 1.29 is 4.79 Å². The summed E-state index contributed by atoms with van der Waals surface area (Å²) in [6.07, 6.45) is 0. The molecular formula is C16H16ClNO. The zero-order valence-corrected chi connectivity index (χ0v) is 11.8. The van der Waals surface area contributed by atoms with Crippen molar-refractivity contribution in [3.05, 3.63) is 69.7 Å². The molecule has 2 rings (SSSR count). The molecule has 0 bridgehead atoms. The van der Waals surface area contributed by atoms with Gasteiger partial charge in [-0.1, -0.05) is 47.5 Å². The van der Waals surface area contributed by atoms with Gasteiger partial charge in [0.25, 0.3) is 5.91 Å². The second-order valence-electron chi connectivity index (χ2n) is 4.59. The zero-order chi connectivity index (χ0) is 13.8. The lowest BCUT2D eigenvalue weighted by atomic mass is 10.1. The van der Waals surface area contributed by atoms with Crippen molar-refractivity contribution in [2.75, 3.05) is 0 Å². The topological polar surface area (TPSA) is 29.1 Å². The highest BCUT2D eigenvalue weighted by molar-refractivity contribution is 6.33. The van der Waals surface area contributed by atoms with Crippen molar-refractivity contribution in [1.29, 1.82) is 0 Å². The van der Waals surface area contributed by atoms with Crippen LogP contribution < -0.4 is 5.32 Å². The van der Waals surface area contributed by atoms with E-state index in [9.17, 15) is 4.79 Å². The number of nitrogens with one attached hydrogen (secondary N) is 1. The van der Waals surface area contributed by atoms with E-state index >= 15 is 0 Å². The number of rotatable bonds is 3. The van der Waals surface area contributed by atoms with Crippen LogP contribution in [0, 0.1) is 13.8 Å². The van der Waals surface area contributed by atoms with Crippen molar-refractivity contribution in [2.45, 2.75) is 20.4 Å². The minimum atomic E-state index is -0.148. The molecule has 2 aromatic carbocycles. The Morgan fingerprint density at radius 2 is 1.89 bits per heavy atom. The summed E-state index contributed by atoms with van der Waals surface area (Å²) in [7, 11) is 0. The highest BCUT2D eigenvalue weighted by Crippen LogP contribution is 2.15. The maximum Gasteiger partial charge on any atom is 0.253 e. The lowest BCUT2D eigenvalue weighted by Gasteiger charge is -2.09. The zero-order valence-electron chi connectivity index (χ0n) is 11.0. The average Bonchev–Trinajstić information content (AvgIpc) is 2.38. The Morgan fingerprint density at radius 3 is 2.58 bits per heavy atom. The molecule has 0 radical (unpaired) electrons. The molecule has 3 heteroatoms. The van der Waals surface area contributed by atoms with Crippen molar-refractivity contribution >= 4 is 17.5 Å². The van der Waals surface area contributed by atoms with Crippen LogP contribution in [0.15, 0.2) is 42.5 Å². The number of benzene rings is 2. The third kappa shape index (κ3) is 3.36. The molecule has 2 nitrogen and oxygen atoms in total. The van der Waals surface area contributed by atoms with Crippen LogP contribution in [-0.4, -0.2) is 5.91 Å². The van der Waals surface area contributed by atoms with E-state index in [0.717, 1.165) is 5.56 Å². The summed E-state index contributed by atoms with van der Waals surface area (Å²) in [6, 6.07) is 13.2. The fourth-order valence-corrected chi connectivity index (χ4v) is 2.18. The van der Waals surface area contributed by atoms with Crippen LogP contribution >= 0.6 is 11.6 Å². The molecule has 1 amide bonds. The van der Waals surface area contributed by atoms with Crippen LogP contribution in [0.25, 0.3) is 0 Å². The molecular weight excluding hydrogens is 258 g/mol. The fraction of sp³-hybridized carbons (Fsp3) is 0.188. The summed E-state index contributed by atoms with van der Waals surface area (Å²) in [6.45, 7) is 4.61. The molecule has 0 aliphatic carbocycles. The van der Waals surface area contributed by atoms with Gasteiger partial charge in [-0.05, 0) is 37.1 Å². The van der Waals surface area contributed by atoms with Gasteiger partial charge in [0.15, 0.2) is 0 Å². The van der Waals surface area contributed by atoms with E-state index in [0.29, 0.717) is 17.1 Å². The average molecular weight is 274 g/mol. The molecule has 19 heavy (non-hydrogen) atoms. The standard InChI is InChI=1S/C16H16ClNO/c1-11-7-8-13(12(2)9-11)10-18-16(19)14-5-3-4-6-15(14)17/h3-9H,10H2,1-2H3,(H,18,19). The largest absolute Gasteiger partial charge is 0.348 e. The van der Waals surface area contributed by atoms with E-state index in [2.05, 4.69) is 18.3 Å². The Balaban J connectivity index is 2.07. The molecule has 2 aromatic rings. The maximum absolute atomic E-state index is 12.0. The summed E-state index contributed by atoms with van der Waals surface area (Å²) in [5, 5.41) is 3.37. The number of carbonyl (C=O) groups is 1. The summed E-state index contributed by atoms with van der Waals surface area (Å²) < 4.78 is 0. The van der Waals surface area contributed by atoms with E-state index in [4.69, 9.17) is 11.6 Å². The number of amides is 1. The Hall–Kier alpha value is -1.80. The monoisotopic (exact) mass is 273 g/mol. The molecule has 0 atom stereocenters. The van der Waals surface area contributed by atoms with Crippen LogP contribution in [0.3, 0.4) is 0 Å². The SMILES string of the molecule is Cc1ccc(CNC(=O)c2ccccc2Cl)c(C)c1. The normalized spacial score (nSPS) is 10.3. The molecule has 0 spiro atoms. The van der Waals surface area contributed by atoms with Crippen molar-refractivity contribution in [1.82, 2.24) is 5.32 Å². The highest BCUT2D eigenvalue weighted by atomic mass is 35.5. The maximum atomic E-state index is 12.0. The van der Waals surface area contributed by atoms with Gasteiger partial charge in [0.05, 0.1) is 10.6 Å². The molecule has 0 heterocycles. The molecule has 0 aromatic heterocycles. The highest BCUT2D eigenvalue weighted by Gasteiger charge is 2.09. The van der Waals surface area contributed by atoms with Crippen molar-refractivity contribution in [3.8, 4) is 0 Å². The summed E-state index contributed by atoms with van der Waals surface area (Å²) in [4.78, 5) is 12.0. The second-order valence-corrected chi connectivity index (χ2v) is 5.00. The first-order valence-corrected chi connectivity index (χ1v) is 6.54. The van der Waals surface area contributed by atoms with Crippen LogP contribution in [0.2, 0.25) is 5.02 Å². The van der Waals surface area contributed by atoms with E-state index in [-0.39, 0.29) is 5.91 Å². The minimum absolute atomic E-state index is 0.148. The molecule has 0 aliphatic heterocycles. The van der Waals surface area contributed by atoms with Gasteiger partial charge in [0.2, 0.25) is 0 Å². The van der Waals surface area contributed by atoms with E-state index in [1.807, 2.05) is 25.1 Å². The van der Waals surface area contributed by atoms with Gasteiger partial charge < -0.3 is 5.32 Å². The van der Waals surface area contributed by atoms with E-state index in [1.54, 1.807) is 18.2 Å². The first-order valence-electron chi connectivity index (χ1n) is 6.17. The lowest BCUT2D eigenvalue weighted by molar-refractivity contribution is 0.0951. The van der Waals surface area contributed by atoms with Gasteiger partial charge in [0, 0.05) is 6.54 Å². The van der Waals surface area contributed by atoms with Gasteiger partial charge >= 0.3 is 0 Å². The van der Waals surface area contributed by atoms with Crippen LogP contribution in [0.5, 0.6) is 0 Å². The molecule has 0 saturated heterocycles. The predicted molar refractivity (Wildman–Crippen MR) is 78.5 cm³/mol. The number of aryl methyl sites for hydroxylation is 2. The van der Waals surface area contributed by atoms with Crippen LogP contribution in [0.1, 0.15) is 27.0 Å². The van der Waals surface area contributed by atoms with Gasteiger partial charge in [-0.2, -0.15) is 0 Å². The van der Waals surface area contributed by atoms with E-state index in [1.165, 1.54) is 11.1 Å². The first-order chi connectivity index (χ1) is 9.08. The number of carbonyl (C=O) groups excluding carboxylic acids is 1. The molecule has 0 aliphatic rings. The van der Waals surface area contributed by atoms with Gasteiger partial charge in [-0.15, -0.1) is 0 Å². The van der Waals surface area contributed by atoms with Gasteiger partial charge in [0.1, 0.15) is 0 Å². The molecule has 1 N–H and O–H groups in total. The quantitative estimate of drug-likeness (QED) is 0.903. The van der Waals surface area contributed by atoms with Crippen molar-refractivity contribution in [3.63, 3.8) is 0 Å². The Labute approximate surface area is 118 Å².